The zero-order valence-corrected chi connectivity index (χ0v) is 14.8. The molecule has 0 aliphatic heterocycles. The molecule has 1 aliphatic carbocycles. The first-order chi connectivity index (χ1) is 12.7. The molecule has 5 heteroatoms. The van der Waals surface area contributed by atoms with Gasteiger partial charge in [0.25, 0.3) is 0 Å². The van der Waals surface area contributed by atoms with E-state index in [1.807, 2.05) is 53.3 Å². The molecule has 0 saturated heterocycles. The smallest absolute Gasteiger partial charge is 0.0988 e. The van der Waals surface area contributed by atoms with Gasteiger partial charge in [-0.3, -0.25) is 4.98 Å². The van der Waals surface area contributed by atoms with Gasteiger partial charge in [-0.05, 0) is 37.1 Å². The highest BCUT2D eigenvalue weighted by Gasteiger charge is 2.30. The highest BCUT2D eigenvalue weighted by Crippen LogP contribution is 2.29. The number of aromatic nitrogens is 3. The second-order valence-corrected chi connectivity index (χ2v) is 7.06. The molecule has 1 aliphatic rings. The van der Waals surface area contributed by atoms with E-state index in [1.165, 1.54) is 0 Å². The molecule has 0 atom stereocenters. The Kier molecular flexibility index (Phi) is 4.82. The topological polar surface area (TPSA) is 63.0 Å². The molecule has 5 nitrogen and oxygen atoms in total. The lowest BCUT2D eigenvalue weighted by Crippen LogP contribution is -2.37. The van der Waals surface area contributed by atoms with E-state index in [9.17, 15) is 5.11 Å². The lowest BCUT2D eigenvalue weighted by atomic mass is 10.0. The van der Waals surface area contributed by atoms with Crippen LogP contribution in [0.1, 0.15) is 31.2 Å². The van der Waals surface area contributed by atoms with E-state index < -0.39 is 5.60 Å². The second kappa shape index (κ2) is 7.40. The number of hydrogen-bond acceptors (Lipinski definition) is 4. The summed E-state index contributed by atoms with van der Waals surface area (Å²) in [6, 6.07) is 14.0. The van der Waals surface area contributed by atoms with E-state index in [-0.39, 0.29) is 0 Å². The van der Waals surface area contributed by atoms with Crippen molar-refractivity contribution in [3.8, 4) is 16.9 Å². The average molecular weight is 348 g/mol. The number of pyridine rings is 1. The molecular formula is C21H24N4O. The monoisotopic (exact) mass is 348 g/mol. The fraction of sp³-hybridized carbons (Fsp3) is 0.333. The van der Waals surface area contributed by atoms with Crippen LogP contribution < -0.4 is 5.32 Å². The molecule has 0 bridgehead atoms. The van der Waals surface area contributed by atoms with Crippen LogP contribution in [0.3, 0.4) is 0 Å². The molecule has 2 aromatic heterocycles. The van der Waals surface area contributed by atoms with Crippen LogP contribution in [0.4, 0.5) is 0 Å². The molecular weight excluding hydrogens is 324 g/mol. The van der Waals surface area contributed by atoms with E-state index in [0.717, 1.165) is 48.2 Å². The van der Waals surface area contributed by atoms with Crippen molar-refractivity contribution < 1.29 is 5.11 Å². The van der Waals surface area contributed by atoms with Crippen LogP contribution in [0, 0.1) is 0 Å². The van der Waals surface area contributed by atoms with Gasteiger partial charge in [-0.25, -0.2) is 4.68 Å². The van der Waals surface area contributed by atoms with Crippen molar-refractivity contribution in [2.75, 3.05) is 6.54 Å². The van der Waals surface area contributed by atoms with E-state index in [0.29, 0.717) is 13.1 Å². The SMILES string of the molecule is OC1(CNCc2cn(-c3ccccc3)nc2-c2cccnc2)CCCC1. The number of nitrogens with zero attached hydrogens (tertiary/aromatic N) is 3. The van der Waals surface area contributed by atoms with E-state index >= 15 is 0 Å². The highest BCUT2D eigenvalue weighted by atomic mass is 16.3. The molecule has 134 valence electrons. The maximum Gasteiger partial charge on any atom is 0.0988 e. The van der Waals surface area contributed by atoms with Crippen molar-refractivity contribution in [2.45, 2.75) is 37.8 Å². The molecule has 2 heterocycles. The molecule has 4 rings (SSSR count). The minimum atomic E-state index is -0.552. The van der Waals surface area contributed by atoms with Crippen LogP contribution >= 0.6 is 0 Å². The van der Waals surface area contributed by atoms with Crippen LogP contribution in [0.5, 0.6) is 0 Å². The molecule has 0 spiro atoms. The summed E-state index contributed by atoms with van der Waals surface area (Å²) >= 11 is 0. The first-order valence-electron chi connectivity index (χ1n) is 9.21. The third-order valence-corrected chi connectivity index (χ3v) is 5.05. The van der Waals surface area contributed by atoms with Crippen LogP contribution in [-0.4, -0.2) is 32.0 Å². The van der Waals surface area contributed by atoms with Gasteiger partial charge >= 0.3 is 0 Å². The van der Waals surface area contributed by atoms with Gasteiger partial charge in [0.05, 0.1) is 17.0 Å². The van der Waals surface area contributed by atoms with Crippen molar-refractivity contribution in [1.82, 2.24) is 20.1 Å². The summed E-state index contributed by atoms with van der Waals surface area (Å²) in [7, 11) is 0. The molecule has 0 unspecified atom stereocenters. The summed E-state index contributed by atoms with van der Waals surface area (Å²) in [4.78, 5) is 4.23. The van der Waals surface area contributed by atoms with Gasteiger partial charge in [-0.1, -0.05) is 31.0 Å². The zero-order valence-electron chi connectivity index (χ0n) is 14.8. The van der Waals surface area contributed by atoms with Crippen LogP contribution in [-0.2, 0) is 6.54 Å². The van der Waals surface area contributed by atoms with Gasteiger partial charge in [0.15, 0.2) is 0 Å². The first-order valence-corrected chi connectivity index (χ1v) is 9.21. The minimum Gasteiger partial charge on any atom is -0.389 e. The Morgan fingerprint density at radius 3 is 2.62 bits per heavy atom. The number of nitrogens with one attached hydrogen (secondary N) is 1. The summed E-state index contributed by atoms with van der Waals surface area (Å²) in [6.45, 7) is 1.29. The summed E-state index contributed by atoms with van der Waals surface area (Å²) in [5, 5.41) is 18.8. The molecule has 26 heavy (non-hydrogen) atoms. The molecule has 1 aromatic carbocycles. The summed E-state index contributed by atoms with van der Waals surface area (Å²) in [5.74, 6) is 0. The number of benzene rings is 1. The Bertz CT molecular complexity index is 839. The fourth-order valence-electron chi connectivity index (χ4n) is 3.64. The Labute approximate surface area is 153 Å². The van der Waals surface area contributed by atoms with Crippen LogP contribution in [0.25, 0.3) is 16.9 Å². The maximum atomic E-state index is 10.5. The molecule has 1 saturated carbocycles. The van der Waals surface area contributed by atoms with Gasteiger partial charge in [0.1, 0.15) is 0 Å². The number of hydrogen-bond donors (Lipinski definition) is 2. The van der Waals surface area contributed by atoms with Crippen molar-refractivity contribution in [2.24, 2.45) is 0 Å². The third-order valence-electron chi connectivity index (χ3n) is 5.05. The number of rotatable bonds is 6. The predicted molar refractivity (Wildman–Crippen MR) is 102 cm³/mol. The van der Waals surface area contributed by atoms with Gasteiger partial charge in [-0.15, -0.1) is 0 Å². The molecule has 3 aromatic rings. The quantitative estimate of drug-likeness (QED) is 0.717. The highest BCUT2D eigenvalue weighted by molar-refractivity contribution is 5.62. The van der Waals surface area contributed by atoms with Crippen LogP contribution in [0.15, 0.2) is 61.1 Å². The Morgan fingerprint density at radius 2 is 1.88 bits per heavy atom. The van der Waals surface area contributed by atoms with Crippen molar-refractivity contribution in [3.63, 3.8) is 0 Å². The van der Waals surface area contributed by atoms with E-state index in [4.69, 9.17) is 5.10 Å². The summed E-state index contributed by atoms with van der Waals surface area (Å²) < 4.78 is 1.91. The minimum absolute atomic E-state index is 0.552. The van der Waals surface area contributed by atoms with Crippen molar-refractivity contribution >= 4 is 0 Å². The number of para-hydroxylation sites is 1. The maximum absolute atomic E-state index is 10.5. The zero-order chi connectivity index (χ0) is 17.8. The molecule has 2 N–H and O–H groups in total. The molecule has 0 radical (unpaired) electrons. The molecule has 0 amide bonds. The average Bonchev–Trinajstić information content (AvgIpc) is 3.30. The Hall–Kier alpha value is -2.50. The largest absolute Gasteiger partial charge is 0.389 e. The van der Waals surface area contributed by atoms with Gasteiger partial charge in [0.2, 0.25) is 0 Å². The second-order valence-electron chi connectivity index (χ2n) is 7.06. The third kappa shape index (κ3) is 3.69. The van der Waals surface area contributed by atoms with Gasteiger partial charge in [0, 0.05) is 42.8 Å². The number of aliphatic hydroxyl groups is 1. The summed E-state index contributed by atoms with van der Waals surface area (Å²) in [6.07, 6.45) is 9.67. The normalized spacial score (nSPS) is 16.0. The van der Waals surface area contributed by atoms with Crippen molar-refractivity contribution in [1.29, 1.82) is 0 Å². The predicted octanol–water partition coefficient (Wildman–Crippen LogP) is 3.33. The lowest BCUT2D eigenvalue weighted by molar-refractivity contribution is 0.0475. The van der Waals surface area contributed by atoms with Crippen LogP contribution in [0.2, 0.25) is 0 Å². The van der Waals surface area contributed by atoms with E-state index in [2.05, 4.69) is 16.5 Å². The van der Waals surface area contributed by atoms with E-state index in [1.54, 1.807) is 6.20 Å². The Morgan fingerprint density at radius 1 is 1.08 bits per heavy atom. The Balaban J connectivity index is 1.58. The fourth-order valence-corrected chi connectivity index (χ4v) is 3.64. The first kappa shape index (κ1) is 16.9. The molecule has 1 fully saturated rings. The standard InChI is InChI=1S/C21H24N4O/c26-21(10-4-5-11-21)16-23-14-18-15-25(19-8-2-1-3-9-19)24-20(18)17-7-6-12-22-13-17/h1-3,6-9,12-13,15,23,26H,4-5,10-11,14,16H2. The lowest BCUT2D eigenvalue weighted by Gasteiger charge is -2.22. The van der Waals surface area contributed by atoms with Crippen molar-refractivity contribution in [3.05, 3.63) is 66.6 Å². The summed E-state index contributed by atoms with van der Waals surface area (Å²) in [5.41, 5.74) is 3.50. The van der Waals surface area contributed by atoms with Gasteiger partial charge in [-0.2, -0.15) is 5.10 Å². The van der Waals surface area contributed by atoms with Gasteiger partial charge < -0.3 is 10.4 Å².